The number of rotatable bonds is 29. The van der Waals surface area contributed by atoms with Crippen molar-refractivity contribution in [2.24, 2.45) is 0 Å². The minimum absolute atomic E-state index is 0.0239. The molecular formula is C47H57N7O11S. The summed E-state index contributed by atoms with van der Waals surface area (Å²) in [6.07, 6.45) is 6.13. The van der Waals surface area contributed by atoms with Gasteiger partial charge in [-0.05, 0) is 74.6 Å². The zero-order chi connectivity index (χ0) is 46.5. The maximum Gasteiger partial charge on any atom is 0.264 e. The number of benzene rings is 3. The van der Waals surface area contributed by atoms with Gasteiger partial charge < -0.3 is 39.9 Å². The number of aromatic nitrogens is 2. The highest BCUT2D eigenvalue weighted by molar-refractivity contribution is 7.99. The first-order valence-corrected chi connectivity index (χ1v) is 23.4. The van der Waals surface area contributed by atoms with Crippen LogP contribution in [0.3, 0.4) is 0 Å². The van der Waals surface area contributed by atoms with E-state index in [4.69, 9.17) is 18.9 Å². The number of imide groups is 2. The average Bonchev–Trinajstić information content (AvgIpc) is 3.84. The molecule has 3 heterocycles. The van der Waals surface area contributed by atoms with Crippen molar-refractivity contribution in [2.45, 2.75) is 75.4 Å². The van der Waals surface area contributed by atoms with E-state index in [1.807, 2.05) is 24.3 Å². The Kier molecular flexibility index (Phi) is 19.7. The third kappa shape index (κ3) is 15.0. The maximum atomic E-state index is 13.2. The Labute approximate surface area is 387 Å². The zero-order valence-electron chi connectivity index (χ0n) is 36.9. The second kappa shape index (κ2) is 26.2. The normalized spacial score (nSPS) is 14.7. The van der Waals surface area contributed by atoms with Gasteiger partial charge >= 0.3 is 0 Å². The number of hydrogen-bond acceptors (Lipinski definition) is 13. The molecule has 1 unspecified atom stereocenters. The number of para-hydroxylation sites is 2. The number of H-pyrrole nitrogens is 1. The average molecular weight is 928 g/mol. The summed E-state index contributed by atoms with van der Waals surface area (Å²) in [7, 11) is 0. The second-order valence-electron chi connectivity index (χ2n) is 15.6. The summed E-state index contributed by atoms with van der Waals surface area (Å²) in [5.41, 5.74) is 3.19. The fraction of sp³-hybridized carbons (Fsp3) is 0.447. The summed E-state index contributed by atoms with van der Waals surface area (Å²) in [6.45, 7) is 4.48. The van der Waals surface area contributed by atoms with E-state index in [9.17, 15) is 33.6 Å². The van der Waals surface area contributed by atoms with Crippen molar-refractivity contribution in [3.05, 3.63) is 83.4 Å². The van der Waals surface area contributed by atoms with Gasteiger partial charge in [-0.1, -0.05) is 55.3 Å². The summed E-state index contributed by atoms with van der Waals surface area (Å²) < 4.78 is 22.4. The van der Waals surface area contributed by atoms with E-state index >= 15 is 0 Å². The van der Waals surface area contributed by atoms with Crippen LogP contribution in [0.25, 0.3) is 11.0 Å². The lowest BCUT2D eigenvalue weighted by Gasteiger charge is -2.27. The number of amides is 7. The van der Waals surface area contributed by atoms with E-state index in [0.717, 1.165) is 54.5 Å². The Bertz CT molecular complexity index is 2290. The molecule has 3 aromatic carbocycles. The number of anilines is 2. The second-order valence-corrected chi connectivity index (χ2v) is 16.6. The Morgan fingerprint density at radius 1 is 0.712 bits per heavy atom. The quantitative estimate of drug-likeness (QED) is 0.0266. The fourth-order valence-electron chi connectivity index (χ4n) is 7.31. The Balaban J connectivity index is 0.685. The summed E-state index contributed by atoms with van der Waals surface area (Å²) >= 11 is 1.32. The first kappa shape index (κ1) is 49.4. The molecule has 0 bridgehead atoms. The molecule has 2 aliphatic heterocycles. The predicted molar refractivity (Wildman–Crippen MR) is 246 cm³/mol. The Morgan fingerprint density at radius 3 is 2.12 bits per heavy atom. The van der Waals surface area contributed by atoms with Crippen molar-refractivity contribution in [1.82, 2.24) is 25.5 Å². The molecule has 18 nitrogen and oxygen atoms in total. The van der Waals surface area contributed by atoms with E-state index in [0.29, 0.717) is 82.2 Å². The van der Waals surface area contributed by atoms with Crippen molar-refractivity contribution in [3.8, 4) is 0 Å². The summed E-state index contributed by atoms with van der Waals surface area (Å²) in [5, 5.41) is 11.4. The van der Waals surface area contributed by atoms with Gasteiger partial charge in [-0.3, -0.25) is 43.8 Å². The molecule has 6 rings (SSSR count). The van der Waals surface area contributed by atoms with Crippen LogP contribution in [0.4, 0.5) is 11.4 Å². The molecule has 66 heavy (non-hydrogen) atoms. The molecule has 2 aliphatic rings. The molecule has 1 saturated heterocycles. The van der Waals surface area contributed by atoms with Crippen LogP contribution in [0.15, 0.2) is 71.9 Å². The van der Waals surface area contributed by atoms with E-state index in [1.165, 1.54) is 17.8 Å². The van der Waals surface area contributed by atoms with Gasteiger partial charge in [0.2, 0.25) is 23.6 Å². The van der Waals surface area contributed by atoms with E-state index in [2.05, 4.69) is 31.2 Å². The highest BCUT2D eigenvalue weighted by Crippen LogP contribution is 2.32. The number of nitrogens with one attached hydrogen (secondary N) is 5. The fourth-order valence-corrected chi connectivity index (χ4v) is 8.00. The number of thioether (sulfide) groups is 1. The van der Waals surface area contributed by atoms with Crippen LogP contribution in [0, 0.1) is 0 Å². The van der Waals surface area contributed by atoms with Crippen LogP contribution < -0.4 is 21.3 Å². The van der Waals surface area contributed by atoms with Gasteiger partial charge in [0.1, 0.15) is 6.04 Å². The van der Waals surface area contributed by atoms with Crippen LogP contribution in [-0.4, -0.2) is 127 Å². The SMILES string of the molecule is O=C1CCC(N2C(=O)c3cccc(NC(=O)CCCCCOCCOCCOCCOCCCCCCNC(=O)c4cccc(NC(=O)CSc5nc6ccccc6[nH]5)c4)c3C2=O)C(=O)N1. The molecule has 19 heteroatoms. The standard InChI is InChI=1S/C47H57N7O11S/c55-39(50-37-17-11-14-34-42(37)46(61)54(45(34)60)38-19-20-40(56)53-44(38)59)18-4-3-9-23-63-25-27-65-29-28-64-26-24-62-22-8-2-1-7-21-48-43(58)32-12-10-13-33(30-32)49-41(57)31-66-47-51-35-15-5-6-16-36(35)52-47/h5-6,10-17,30,38H,1-4,7-9,18-29,31H2,(H,48,58)(H,49,57)(H,50,55)(H,51,52)(H,53,56,59). The number of carbonyl (C=O) groups is 7. The summed E-state index contributed by atoms with van der Waals surface area (Å²) in [4.78, 5) is 96.6. The lowest BCUT2D eigenvalue weighted by Crippen LogP contribution is -2.54. The monoisotopic (exact) mass is 927 g/mol. The van der Waals surface area contributed by atoms with Gasteiger partial charge in [-0.2, -0.15) is 0 Å². The molecule has 1 atom stereocenters. The van der Waals surface area contributed by atoms with E-state index < -0.39 is 29.7 Å². The largest absolute Gasteiger partial charge is 0.379 e. The number of ether oxygens (including phenoxy) is 4. The highest BCUT2D eigenvalue weighted by atomic mass is 32.2. The number of carbonyl (C=O) groups excluding carboxylic acids is 7. The molecule has 352 valence electrons. The Hall–Kier alpha value is -5.99. The third-order valence-corrected chi connectivity index (χ3v) is 11.5. The molecule has 0 saturated carbocycles. The summed E-state index contributed by atoms with van der Waals surface area (Å²) in [5.74, 6) is -2.92. The molecule has 0 aliphatic carbocycles. The van der Waals surface area contributed by atoms with Crippen LogP contribution >= 0.6 is 11.8 Å². The van der Waals surface area contributed by atoms with Crippen molar-refractivity contribution in [2.75, 3.05) is 75.8 Å². The van der Waals surface area contributed by atoms with Crippen LogP contribution in [-0.2, 0) is 38.1 Å². The molecular weight excluding hydrogens is 871 g/mol. The van der Waals surface area contributed by atoms with E-state index in [1.54, 1.807) is 36.4 Å². The van der Waals surface area contributed by atoms with E-state index in [-0.39, 0.29) is 59.6 Å². The van der Waals surface area contributed by atoms with Crippen molar-refractivity contribution in [3.63, 3.8) is 0 Å². The lowest BCUT2D eigenvalue weighted by atomic mass is 10.0. The molecule has 1 aromatic heterocycles. The van der Waals surface area contributed by atoms with Crippen molar-refractivity contribution < 1.29 is 52.5 Å². The number of aromatic amines is 1. The molecule has 1 fully saturated rings. The number of hydrogen-bond donors (Lipinski definition) is 5. The predicted octanol–water partition coefficient (Wildman–Crippen LogP) is 5.25. The van der Waals surface area contributed by atoms with Crippen molar-refractivity contribution in [1.29, 1.82) is 0 Å². The first-order chi connectivity index (χ1) is 32.2. The molecule has 0 spiro atoms. The number of imidazole rings is 1. The molecule has 5 N–H and O–H groups in total. The third-order valence-electron chi connectivity index (χ3n) is 10.7. The molecule has 0 radical (unpaired) electrons. The number of nitrogens with zero attached hydrogens (tertiary/aromatic N) is 2. The number of unbranched alkanes of at least 4 members (excludes halogenated alkanes) is 5. The van der Waals surface area contributed by atoms with Gasteiger partial charge in [0, 0.05) is 43.9 Å². The molecule has 7 amide bonds. The lowest BCUT2D eigenvalue weighted by molar-refractivity contribution is -0.136. The number of fused-ring (bicyclic) bond motifs is 2. The van der Waals surface area contributed by atoms with Gasteiger partial charge in [0.15, 0.2) is 5.16 Å². The molecule has 4 aromatic rings. The summed E-state index contributed by atoms with van der Waals surface area (Å²) in [6, 6.07) is 18.1. The first-order valence-electron chi connectivity index (χ1n) is 22.4. The van der Waals surface area contributed by atoms with Gasteiger partial charge in [0.05, 0.1) is 73.2 Å². The van der Waals surface area contributed by atoms with Crippen LogP contribution in [0.1, 0.15) is 95.3 Å². The minimum Gasteiger partial charge on any atom is -0.379 e. The van der Waals surface area contributed by atoms with Gasteiger partial charge in [-0.25, -0.2) is 4.98 Å². The maximum absolute atomic E-state index is 13.2. The van der Waals surface area contributed by atoms with Gasteiger partial charge in [0.25, 0.3) is 17.7 Å². The van der Waals surface area contributed by atoms with Crippen LogP contribution in [0.2, 0.25) is 0 Å². The smallest absolute Gasteiger partial charge is 0.264 e. The van der Waals surface area contributed by atoms with Crippen LogP contribution in [0.5, 0.6) is 0 Å². The van der Waals surface area contributed by atoms with Crippen molar-refractivity contribution >= 4 is 75.5 Å². The highest BCUT2D eigenvalue weighted by Gasteiger charge is 2.45. The minimum atomic E-state index is -1.08. The topological polar surface area (TPSA) is 236 Å². The van der Waals surface area contributed by atoms with Gasteiger partial charge in [-0.15, -0.1) is 0 Å². The zero-order valence-corrected chi connectivity index (χ0v) is 37.7. The Morgan fingerprint density at radius 2 is 1.39 bits per heavy atom. The number of piperidine rings is 1.